The van der Waals surface area contributed by atoms with Crippen molar-refractivity contribution in [3.05, 3.63) is 23.2 Å². The monoisotopic (exact) mass is 241 g/mol. The van der Waals surface area contributed by atoms with E-state index in [1.54, 1.807) is 7.11 Å². The molecule has 0 saturated carbocycles. The number of aliphatic hydroxyl groups is 1. The van der Waals surface area contributed by atoms with Gasteiger partial charge in [-0.1, -0.05) is 11.6 Å². The Morgan fingerprint density at radius 2 is 2.38 bits per heavy atom. The van der Waals surface area contributed by atoms with Crippen LogP contribution in [0.4, 0.5) is 5.69 Å². The quantitative estimate of drug-likeness (QED) is 0.881. The van der Waals surface area contributed by atoms with E-state index in [0.717, 1.165) is 30.9 Å². The summed E-state index contributed by atoms with van der Waals surface area (Å²) in [5, 5.41) is 9.84. The van der Waals surface area contributed by atoms with Crippen LogP contribution in [0.3, 0.4) is 0 Å². The fourth-order valence-electron chi connectivity index (χ4n) is 2.11. The van der Waals surface area contributed by atoms with E-state index >= 15 is 0 Å². The molecular formula is C12H16ClNO2. The first-order chi connectivity index (χ1) is 7.74. The number of rotatable bonds is 3. The number of aliphatic hydroxyl groups excluding tert-OH is 1. The van der Waals surface area contributed by atoms with E-state index in [2.05, 4.69) is 4.90 Å². The van der Waals surface area contributed by atoms with Gasteiger partial charge >= 0.3 is 0 Å². The predicted octanol–water partition coefficient (Wildman–Crippen LogP) is 2.17. The Balaban J connectivity index is 2.22. The molecule has 1 aromatic rings. The highest BCUT2D eigenvalue weighted by Gasteiger charge is 2.24. The molecule has 1 heterocycles. The molecule has 3 nitrogen and oxygen atoms in total. The van der Waals surface area contributed by atoms with E-state index in [4.69, 9.17) is 21.4 Å². The van der Waals surface area contributed by atoms with Crippen molar-refractivity contribution in [2.24, 2.45) is 5.92 Å². The Bertz CT molecular complexity index is 370. The third kappa shape index (κ3) is 2.25. The van der Waals surface area contributed by atoms with Crippen LogP contribution in [-0.2, 0) is 0 Å². The van der Waals surface area contributed by atoms with E-state index in [1.165, 1.54) is 0 Å². The van der Waals surface area contributed by atoms with Gasteiger partial charge in [0.25, 0.3) is 0 Å². The van der Waals surface area contributed by atoms with Crippen LogP contribution in [0.2, 0.25) is 5.02 Å². The van der Waals surface area contributed by atoms with Gasteiger partial charge in [0.2, 0.25) is 0 Å². The van der Waals surface area contributed by atoms with Crippen LogP contribution < -0.4 is 9.64 Å². The van der Waals surface area contributed by atoms with Gasteiger partial charge in [0, 0.05) is 30.6 Å². The second-order valence-electron chi connectivity index (χ2n) is 4.10. The molecule has 0 aliphatic carbocycles. The smallest absolute Gasteiger partial charge is 0.142 e. The summed E-state index contributed by atoms with van der Waals surface area (Å²) in [6.45, 7) is 2.06. The van der Waals surface area contributed by atoms with E-state index in [1.807, 2.05) is 18.2 Å². The zero-order valence-electron chi connectivity index (χ0n) is 9.32. The Kier molecular flexibility index (Phi) is 3.56. The Morgan fingerprint density at radius 1 is 1.56 bits per heavy atom. The molecule has 0 spiro atoms. The zero-order chi connectivity index (χ0) is 11.5. The van der Waals surface area contributed by atoms with Crippen molar-refractivity contribution in [1.82, 2.24) is 0 Å². The van der Waals surface area contributed by atoms with E-state index in [9.17, 15) is 0 Å². The summed E-state index contributed by atoms with van der Waals surface area (Å²) in [5.41, 5.74) is 1.02. The Labute approximate surface area is 101 Å². The number of benzene rings is 1. The first-order valence-corrected chi connectivity index (χ1v) is 5.81. The molecule has 1 atom stereocenters. The van der Waals surface area contributed by atoms with Gasteiger partial charge in [0.1, 0.15) is 5.75 Å². The largest absolute Gasteiger partial charge is 0.495 e. The summed E-state index contributed by atoms with van der Waals surface area (Å²) in [4.78, 5) is 2.21. The van der Waals surface area contributed by atoms with Crippen LogP contribution in [0, 0.1) is 5.92 Å². The number of methoxy groups -OCH3 is 1. The van der Waals surface area contributed by atoms with Gasteiger partial charge in [-0.3, -0.25) is 0 Å². The van der Waals surface area contributed by atoms with E-state index in [-0.39, 0.29) is 6.61 Å². The lowest BCUT2D eigenvalue weighted by atomic mass is 10.1. The lowest BCUT2D eigenvalue weighted by Gasteiger charge is -2.21. The molecule has 1 aromatic carbocycles. The average molecular weight is 242 g/mol. The molecule has 1 aliphatic rings. The SMILES string of the molecule is COc1ccc(Cl)cc1N1CCC(CO)C1. The van der Waals surface area contributed by atoms with Crippen LogP contribution in [0.1, 0.15) is 6.42 Å². The molecule has 16 heavy (non-hydrogen) atoms. The molecule has 1 unspecified atom stereocenters. The van der Waals surface area contributed by atoms with Crippen molar-refractivity contribution < 1.29 is 9.84 Å². The standard InChI is InChI=1S/C12H16ClNO2/c1-16-12-3-2-10(13)6-11(12)14-5-4-9(7-14)8-15/h2-3,6,9,15H,4-5,7-8H2,1H3. The molecule has 1 saturated heterocycles. The molecule has 0 aromatic heterocycles. The van der Waals surface area contributed by atoms with Gasteiger partial charge in [-0.15, -0.1) is 0 Å². The second kappa shape index (κ2) is 4.93. The van der Waals surface area contributed by atoms with Crippen LogP contribution in [-0.4, -0.2) is 31.9 Å². The van der Waals surface area contributed by atoms with E-state index < -0.39 is 0 Å². The highest BCUT2D eigenvalue weighted by molar-refractivity contribution is 6.30. The lowest BCUT2D eigenvalue weighted by Crippen LogP contribution is -2.21. The number of halogens is 1. The maximum atomic E-state index is 9.13. The van der Waals surface area contributed by atoms with Crippen molar-refractivity contribution in [2.45, 2.75) is 6.42 Å². The van der Waals surface area contributed by atoms with Crippen LogP contribution in [0.25, 0.3) is 0 Å². The fraction of sp³-hybridized carbons (Fsp3) is 0.500. The van der Waals surface area contributed by atoms with Crippen LogP contribution in [0.15, 0.2) is 18.2 Å². The van der Waals surface area contributed by atoms with E-state index in [0.29, 0.717) is 10.9 Å². The Morgan fingerprint density at radius 3 is 3.00 bits per heavy atom. The van der Waals surface area contributed by atoms with Crippen molar-refractivity contribution in [1.29, 1.82) is 0 Å². The second-order valence-corrected chi connectivity index (χ2v) is 4.54. The molecule has 1 N–H and O–H groups in total. The lowest BCUT2D eigenvalue weighted by molar-refractivity contribution is 0.238. The summed E-state index contributed by atoms with van der Waals surface area (Å²) < 4.78 is 5.32. The zero-order valence-corrected chi connectivity index (χ0v) is 10.1. The fourth-order valence-corrected chi connectivity index (χ4v) is 2.28. The topological polar surface area (TPSA) is 32.7 Å². The molecule has 88 valence electrons. The molecule has 2 rings (SSSR count). The molecule has 1 fully saturated rings. The number of nitrogens with zero attached hydrogens (tertiary/aromatic N) is 1. The minimum atomic E-state index is 0.249. The van der Waals surface area contributed by atoms with Crippen LogP contribution >= 0.6 is 11.6 Å². The molecular weight excluding hydrogens is 226 g/mol. The third-order valence-electron chi connectivity index (χ3n) is 3.03. The average Bonchev–Trinajstić information content (AvgIpc) is 2.77. The first kappa shape index (κ1) is 11.6. The highest BCUT2D eigenvalue weighted by Crippen LogP contribution is 2.34. The summed E-state index contributed by atoms with van der Waals surface area (Å²) in [7, 11) is 1.66. The highest BCUT2D eigenvalue weighted by atomic mass is 35.5. The molecule has 0 bridgehead atoms. The van der Waals surface area contributed by atoms with Crippen molar-refractivity contribution in [3.8, 4) is 5.75 Å². The molecule has 1 aliphatic heterocycles. The molecule has 0 amide bonds. The minimum Gasteiger partial charge on any atom is -0.495 e. The number of hydrogen-bond donors (Lipinski definition) is 1. The van der Waals surface area contributed by atoms with Crippen LogP contribution in [0.5, 0.6) is 5.75 Å². The summed E-state index contributed by atoms with van der Waals surface area (Å²) >= 11 is 5.99. The van der Waals surface area contributed by atoms with Crippen molar-refractivity contribution in [3.63, 3.8) is 0 Å². The number of hydrogen-bond acceptors (Lipinski definition) is 3. The molecule has 0 radical (unpaired) electrons. The normalized spacial score (nSPS) is 20.2. The minimum absolute atomic E-state index is 0.249. The number of anilines is 1. The summed E-state index contributed by atoms with van der Waals surface area (Å²) in [5.74, 6) is 1.20. The maximum absolute atomic E-state index is 9.13. The summed E-state index contributed by atoms with van der Waals surface area (Å²) in [6, 6.07) is 5.62. The summed E-state index contributed by atoms with van der Waals surface area (Å²) in [6.07, 6.45) is 1.02. The third-order valence-corrected chi connectivity index (χ3v) is 3.26. The number of ether oxygens (including phenoxy) is 1. The first-order valence-electron chi connectivity index (χ1n) is 5.44. The van der Waals surface area contributed by atoms with Gasteiger partial charge in [-0.25, -0.2) is 0 Å². The van der Waals surface area contributed by atoms with Gasteiger partial charge in [0.05, 0.1) is 12.8 Å². The van der Waals surface area contributed by atoms with Gasteiger partial charge in [-0.05, 0) is 24.6 Å². The maximum Gasteiger partial charge on any atom is 0.142 e. The van der Waals surface area contributed by atoms with Gasteiger partial charge in [-0.2, -0.15) is 0 Å². The van der Waals surface area contributed by atoms with Crippen molar-refractivity contribution in [2.75, 3.05) is 31.7 Å². The van der Waals surface area contributed by atoms with Gasteiger partial charge < -0.3 is 14.7 Å². The Hall–Kier alpha value is -0.930. The predicted molar refractivity (Wildman–Crippen MR) is 65.4 cm³/mol. The van der Waals surface area contributed by atoms with Crippen molar-refractivity contribution >= 4 is 17.3 Å². The molecule has 4 heteroatoms. The van der Waals surface area contributed by atoms with Gasteiger partial charge in [0.15, 0.2) is 0 Å².